The Hall–Kier alpha value is -1.71. The van der Waals surface area contributed by atoms with Gasteiger partial charge in [-0.1, -0.05) is 36.4 Å². The number of benzene rings is 1. The minimum absolute atomic E-state index is 0.180. The fraction of sp³-hybridized carbons (Fsp3) is 0.312. The van der Waals surface area contributed by atoms with Gasteiger partial charge in [-0.2, -0.15) is 0 Å². The molecule has 100 valence electrons. The SMILES string of the molecule is CC(c1ccccn1)N(C)CC(O)c1ccccc1. The Bertz CT molecular complexity index is 487. The van der Waals surface area contributed by atoms with Gasteiger partial charge in [0.25, 0.3) is 0 Å². The van der Waals surface area contributed by atoms with Crippen molar-refractivity contribution in [1.82, 2.24) is 9.88 Å². The van der Waals surface area contributed by atoms with Crippen molar-refractivity contribution in [1.29, 1.82) is 0 Å². The number of likely N-dealkylation sites (N-methyl/N-ethyl adjacent to an activating group) is 1. The number of hydrogen-bond donors (Lipinski definition) is 1. The maximum Gasteiger partial charge on any atom is 0.0917 e. The Kier molecular flexibility index (Phi) is 4.66. The van der Waals surface area contributed by atoms with Gasteiger partial charge in [-0.05, 0) is 31.7 Å². The van der Waals surface area contributed by atoms with Crippen LogP contribution in [-0.2, 0) is 0 Å². The smallest absolute Gasteiger partial charge is 0.0917 e. The molecule has 0 saturated carbocycles. The molecule has 3 nitrogen and oxygen atoms in total. The number of hydrogen-bond acceptors (Lipinski definition) is 3. The first-order valence-corrected chi connectivity index (χ1v) is 6.52. The van der Waals surface area contributed by atoms with Crippen LogP contribution in [-0.4, -0.2) is 28.6 Å². The molecule has 0 fully saturated rings. The van der Waals surface area contributed by atoms with Crippen LogP contribution in [0.15, 0.2) is 54.7 Å². The molecule has 2 rings (SSSR count). The molecule has 0 bridgehead atoms. The number of nitrogens with zero attached hydrogens (tertiary/aromatic N) is 2. The van der Waals surface area contributed by atoms with Crippen molar-refractivity contribution in [2.75, 3.05) is 13.6 Å². The summed E-state index contributed by atoms with van der Waals surface area (Å²) in [5.74, 6) is 0. The van der Waals surface area contributed by atoms with E-state index in [0.29, 0.717) is 6.54 Å². The van der Waals surface area contributed by atoms with Crippen molar-refractivity contribution in [3.8, 4) is 0 Å². The maximum absolute atomic E-state index is 10.2. The van der Waals surface area contributed by atoms with Crippen LogP contribution >= 0.6 is 0 Å². The minimum Gasteiger partial charge on any atom is -0.387 e. The summed E-state index contributed by atoms with van der Waals surface area (Å²) in [4.78, 5) is 6.47. The molecule has 2 aromatic rings. The average molecular weight is 256 g/mol. The van der Waals surface area contributed by atoms with E-state index in [2.05, 4.69) is 16.8 Å². The molecule has 1 aromatic heterocycles. The third kappa shape index (κ3) is 3.63. The molecular formula is C16H20N2O. The van der Waals surface area contributed by atoms with Crippen molar-refractivity contribution in [2.45, 2.75) is 19.1 Å². The van der Waals surface area contributed by atoms with Crippen LogP contribution in [0.4, 0.5) is 0 Å². The summed E-state index contributed by atoms with van der Waals surface area (Å²) in [6, 6.07) is 15.8. The Labute approximate surface area is 114 Å². The van der Waals surface area contributed by atoms with E-state index in [0.717, 1.165) is 11.3 Å². The van der Waals surface area contributed by atoms with Crippen LogP contribution in [0, 0.1) is 0 Å². The first kappa shape index (κ1) is 13.7. The zero-order valence-electron chi connectivity index (χ0n) is 11.4. The number of rotatable bonds is 5. The summed E-state index contributed by atoms with van der Waals surface area (Å²) in [6.45, 7) is 2.68. The highest BCUT2D eigenvalue weighted by Crippen LogP contribution is 2.20. The van der Waals surface area contributed by atoms with Crippen molar-refractivity contribution in [3.63, 3.8) is 0 Å². The highest BCUT2D eigenvalue weighted by atomic mass is 16.3. The van der Waals surface area contributed by atoms with Crippen LogP contribution in [0.3, 0.4) is 0 Å². The molecule has 2 atom stereocenters. The van der Waals surface area contributed by atoms with Crippen LogP contribution in [0.25, 0.3) is 0 Å². The molecule has 0 aliphatic rings. The standard InChI is InChI=1S/C16H20N2O/c1-13(15-10-6-7-11-17-15)18(2)12-16(19)14-8-4-3-5-9-14/h3-11,13,16,19H,12H2,1-2H3. The number of aliphatic hydroxyl groups is 1. The van der Waals surface area contributed by atoms with E-state index in [1.807, 2.05) is 55.6 Å². The van der Waals surface area contributed by atoms with Gasteiger partial charge in [0.05, 0.1) is 11.8 Å². The second kappa shape index (κ2) is 6.45. The second-order valence-electron chi connectivity index (χ2n) is 4.80. The van der Waals surface area contributed by atoms with Gasteiger partial charge in [0.1, 0.15) is 0 Å². The Morgan fingerprint density at radius 2 is 1.79 bits per heavy atom. The van der Waals surface area contributed by atoms with Gasteiger partial charge in [-0.3, -0.25) is 9.88 Å². The molecule has 19 heavy (non-hydrogen) atoms. The van der Waals surface area contributed by atoms with E-state index in [-0.39, 0.29) is 6.04 Å². The molecule has 1 heterocycles. The number of aliphatic hydroxyl groups excluding tert-OH is 1. The molecule has 0 aliphatic heterocycles. The highest BCUT2D eigenvalue weighted by Gasteiger charge is 2.16. The quantitative estimate of drug-likeness (QED) is 0.893. The lowest BCUT2D eigenvalue weighted by atomic mass is 10.1. The first-order chi connectivity index (χ1) is 9.18. The van der Waals surface area contributed by atoms with E-state index in [9.17, 15) is 5.11 Å². The lowest BCUT2D eigenvalue weighted by Crippen LogP contribution is -2.28. The van der Waals surface area contributed by atoms with Crippen LogP contribution in [0.2, 0.25) is 0 Å². The van der Waals surface area contributed by atoms with E-state index < -0.39 is 6.10 Å². The van der Waals surface area contributed by atoms with E-state index in [1.54, 1.807) is 6.20 Å². The fourth-order valence-corrected chi connectivity index (χ4v) is 2.06. The monoisotopic (exact) mass is 256 g/mol. The molecule has 1 aromatic carbocycles. The Balaban J connectivity index is 1.99. The van der Waals surface area contributed by atoms with Gasteiger partial charge in [0.2, 0.25) is 0 Å². The predicted octanol–water partition coefficient (Wildman–Crippen LogP) is 2.81. The number of aromatic nitrogens is 1. The minimum atomic E-state index is -0.475. The zero-order valence-corrected chi connectivity index (χ0v) is 11.4. The molecular weight excluding hydrogens is 236 g/mol. The van der Waals surface area contributed by atoms with Gasteiger partial charge in [0, 0.05) is 18.8 Å². The van der Waals surface area contributed by atoms with Gasteiger partial charge in [0.15, 0.2) is 0 Å². The lowest BCUT2D eigenvalue weighted by Gasteiger charge is -2.26. The van der Waals surface area contributed by atoms with Gasteiger partial charge >= 0.3 is 0 Å². The maximum atomic E-state index is 10.2. The summed E-state index contributed by atoms with van der Waals surface area (Å²) in [7, 11) is 2.01. The second-order valence-corrected chi connectivity index (χ2v) is 4.80. The third-order valence-electron chi connectivity index (χ3n) is 3.42. The zero-order chi connectivity index (χ0) is 13.7. The fourth-order valence-electron chi connectivity index (χ4n) is 2.06. The molecule has 0 amide bonds. The Morgan fingerprint density at radius 3 is 2.42 bits per heavy atom. The van der Waals surface area contributed by atoms with Gasteiger partial charge < -0.3 is 5.11 Å². The van der Waals surface area contributed by atoms with E-state index >= 15 is 0 Å². The summed E-state index contributed by atoms with van der Waals surface area (Å²) >= 11 is 0. The summed E-state index contributed by atoms with van der Waals surface area (Å²) in [6.07, 6.45) is 1.32. The lowest BCUT2D eigenvalue weighted by molar-refractivity contribution is 0.107. The first-order valence-electron chi connectivity index (χ1n) is 6.52. The molecule has 0 aliphatic carbocycles. The molecule has 0 radical (unpaired) electrons. The highest BCUT2D eigenvalue weighted by molar-refractivity contribution is 5.17. The summed E-state index contributed by atoms with van der Waals surface area (Å²) in [5, 5.41) is 10.2. The van der Waals surface area contributed by atoms with Crippen LogP contribution in [0.1, 0.15) is 30.3 Å². The van der Waals surface area contributed by atoms with E-state index in [4.69, 9.17) is 0 Å². The topological polar surface area (TPSA) is 36.4 Å². The summed E-state index contributed by atoms with van der Waals surface area (Å²) < 4.78 is 0. The normalized spacial score (nSPS) is 14.3. The van der Waals surface area contributed by atoms with Crippen molar-refractivity contribution in [2.24, 2.45) is 0 Å². The third-order valence-corrected chi connectivity index (χ3v) is 3.42. The number of pyridine rings is 1. The molecule has 3 heteroatoms. The largest absolute Gasteiger partial charge is 0.387 e. The van der Waals surface area contributed by atoms with Gasteiger partial charge in [-0.25, -0.2) is 0 Å². The molecule has 2 unspecified atom stereocenters. The molecule has 1 N–H and O–H groups in total. The predicted molar refractivity (Wildman–Crippen MR) is 76.7 cm³/mol. The average Bonchev–Trinajstić information content (AvgIpc) is 2.48. The van der Waals surface area contributed by atoms with Crippen molar-refractivity contribution < 1.29 is 5.11 Å². The summed E-state index contributed by atoms with van der Waals surface area (Å²) in [5.41, 5.74) is 1.97. The van der Waals surface area contributed by atoms with Gasteiger partial charge in [-0.15, -0.1) is 0 Å². The molecule has 0 saturated heterocycles. The Morgan fingerprint density at radius 1 is 1.11 bits per heavy atom. The van der Waals surface area contributed by atoms with Crippen LogP contribution < -0.4 is 0 Å². The van der Waals surface area contributed by atoms with Crippen LogP contribution in [0.5, 0.6) is 0 Å². The van der Waals surface area contributed by atoms with E-state index in [1.165, 1.54) is 0 Å². The van der Waals surface area contributed by atoms with Crippen molar-refractivity contribution >= 4 is 0 Å². The molecule has 0 spiro atoms. The van der Waals surface area contributed by atoms with Crippen molar-refractivity contribution in [3.05, 3.63) is 66.0 Å².